The van der Waals surface area contributed by atoms with Crippen LogP contribution < -0.4 is 11.1 Å². The number of hydrogen-bond donors (Lipinski definition) is 2. The number of nitrogens with zero attached hydrogens (tertiary/aromatic N) is 4. The number of thioether (sulfide) groups is 1. The third-order valence-electron chi connectivity index (χ3n) is 3.43. The molecule has 0 aliphatic rings. The summed E-state index contributed by atoms with van der Waals surface area (Å²) < 4.78 is 7.24. The Kier molecular flexibility index (Phi) is 5.32. The van der Waals surface area contributed by atoms with Gasteiger partial charge in [-0.2, -0.15) is 0 Å². The first-order chi connectivity index (χ1) is 12.5. The molecule has 3 aromatic heterocycles. The highest BCUT2D eigenvalue weighted by Crippen LogP contribution is 2.27. The number of amides is 3. The number of rotatable bonds is 6. The largest absolute Gasteiger partial charge is 0.467 e. The van der Waals surface area contributed by atoms with E-state index in [4.69, 9.17) is 10.2 Å². The SMILES string of the molecule is CC(Sc1nnc(-c2cccnc2)n1Cc1ccco1)C(=O)NC(N)=O. The second-order valence-electron chi connectivity index (χ2n) is 5.33. The number of imide groups is 1. The standard InChI is InChI=1S/C16H16N6O3S/c1-10(14(23)19-15(17)24)26-16-21-20-13(11-4-2-6-18-8-11)22(16)9-12-5-3-7-25-12/h2-8,10H,9H2,1H3,(H3,17,19,23,24). The molecule has 0 spiro atoms. The number of nitrogens with two attached hydrogens (primary N) is 1. The second kappa shape index (κ2) is 7.83. The number of furan rings is 1. The molecule has 0 aliphatic carbocycles. The highest BCUT2D eigenvalue weighted by atomic mass is 32.2. The first kappa shape index (κ1) is 17.7. The van der Waals surface area contributed by atoms with Crippen LogP contribution in [0.3, 0.4) is 0 Å². The van der Waals surface area contributed by atoms with Crippen LogP contribution in [0.4, 0.5) is 4.79 Å². The maximum Gasteiger partial charge on any atom is 0.318 e. The summed E-state index contributed by atoms with van der Waals surface area (Å²) in [6.45, 7) is 2.04. The lowest BCUT2D eigenvalue weighted by molar-refractivity contribution is -0.119. The van der Waals surface area contributed by atoms with E-state index in [2.05, 4.69) is 20.5 Å². The number of urea groups is 1. The van der Waals surface area contributed by atoms with Crippen LogP contribution in [0.25, 0.3) is 11.4 Å². The number of pyridine rings is 1. The van der Waals surface area contributed by atoms with Crippen molar-refractivity contribution in [1.82, 2.24) is 25.1 Å². The lowest BCUT2D eigenvalue weighted by Crippen LogP contribution is -2.39. The van der Waals surface area contributed by atoms with Gasteiger partial charge in [-0.1, -0.05) is 11.8 Å². The fraction of sp³-hybridized carbons (Fsp3) is 0.188. The van der Waals surface area contributed by atoms with Gasteiger partial charge in [0.15, 0.2) is 11.0 Å². The molecule has 3 aromatic rings. The Morgan fingerprint density at radius 1 is 1.35 bits per heavy atom. The molecule has 0 aliphatic heterocycles. The van der Waals surface area contributed by atoms with Gasteiger partial charge in [0.25, 0.3) is 0 Å². The summed E-state index contributed by atoms with van der Waals surface area (Å²) in [5.41, 5.74) is 5.78. The van der Waals surface area contributed by atoms with Crippen LogP contribution in [0.5, 0.6) is 0 Å². The minimum absolute atomic E-state index is 0.386. The molecule has 3 rings (SSSR count). The van der Waals surface area contributed by atoms with Crippen molar-refractivity contribution in [3.8, 4) is 11.4 Å². The van der Waals surface area contributed by atoms with Crippen LogP contribution in [0.2, 0.25) is 0 Å². The second-order valence-corrected chi connectivity index (χ2v) is 6.63. The highest BCUT2D eigenvalue weighted by molar-refractivity contribution is 8.00. The fourth-order valence-corrected chi connectivity index (χ4v) is 3.07. The summed E-state index contributed by atoms with van der Waals surface area (Å²) in [6, 6.07) is 6.41. The molecule has 3 amide bonds. The van der Waals surface area contributed by atoms with E-state index in [1.165, 1.54) is 11.8 Å². The van der Waals surface area contributed by atoms with Crippen LogP contribution >= 0.6 is 11.8 Å². The molecule has 9 nitrogen and oxygen atoms in total. The molecule has 3 heterocycles. The van der Waals surface area contributed by atoms with E-state index in [-0.39, 0.29) is 0 Å². The Morgan fingerprint density at radius 3 is 2.85 bits per heavy atom. The van der Waals surface area contributed by atoms with Gasteiger partial charge in [0, 0.05) is 18.0 Å². The third kappa shape index (κ3) is 4.09. The summed E-state index contributed by atoms with van der Waals surface area (Å²) >= 11 is 1.17. The lowest BCUT2D eigenvalue weighted by Gasteiger charge is -2.12. The number of carbonyl (C=O) groups is 2. The Bertz CT molecular complexity index is 894. The molecule has 0 saturated carbocycles. The Morgan fingerprint density at radius 2 is 2.19 bits per heavy atom. The van der Waals surface area contributed by atoms with Gasteiger partial charge in [-0.05, 0) is 31.2 Å². The summed E-state index contributed by atoms with van der Waals surface area (Å²) in [5.74, 6) is 0.809. The number of aromatic nitrogens is 4. The van der Waals surface area contributed by atoms with Gasteiger partial charge >= 0.3 is 6.03 Å². The van der Waals surface area contributed by atoms with Crippen molar-refractivity contribution in [3.05, 3.63) is 48.7 Å². The number of nitrogens with one attached hydrogen (secondary N) is 1. The molecule has 1 atom stereocenters. The van der Waals surface area contributed by atoms with Crippen LogP contribution in [0, 0.1) is 0 Å². The number of primary amides is 1. The molecular formula is C16H16N6O3S. The van der Waals surface area contributed by atoms with Gasteiger partial charge in [-0.3, -0.25) is 19.7 Å². The molecule has 10 heteroatoms. The number of carbonyl (C=O) groups excluding carboxylic acids is 2. The van der Waals surface area contributed by atoms with Gasteiger partial charge in [-0.15, -0.1) is 10.2 Å². The average molecular weight is 372 g/mol. The van der Waals surface area contributed by atoms with Gasteiger partial charge in [0.1, 0.15) is 5.76 Å². The molecule has 0 fully saturated rings. The van der Waals surface area contributed by atoms with Crippen LogP contribution in [0.15, 0.2) is 52.5 Å². The van der Waals surface area contributed by atoms with Gasteiger partial charge < -0.3 is 10.2 Å². The Balaban J connectivity index is 1.91. The minimum atomic E-state index is -0.893. The monoisotopic (exact) mass is 372 g/mol. The highest BCUT2D eigenvalue weighted by Gasteiger charge is 2.22. The van der Waals surface area contributed by atoms with Crippen molar-refractivity contribution < 1.29 is 14.0 Å². The minimum Gasteiger partial charge on any atom is -0.467 e. The third-order valence-corrected chi connectivity index (χ3v) is 4.51. The van der Waals surface area contributed by atoms with E-state index in [0.717, 1.165) is 5.56 Å². The zero-order valence-corrected chi connectivity index (χ0v) is 14.6. The first-order valence-electron chi connectivity index (χ1n) is 7.67. The van der Waals surface area contributed by atoms with Crippen LogP contribution in [-0.4, -0.2) is 36.9 Å². The van der Waals surface area contributed by atoms with Crippen LogP contribution in [0.1, 0.15) is 12.7 Å². The predicted octanol–water partition coefficient (Wildman–Crippen LogP) is 1.66. The fourth-order valence-electron chi connectivity index (χ4n) is 2.22. The zero-order chi connectivity index (χ0) is 18.5. The Labute approximate surface area is 153 Å². The maximum absolute atomic E-state index is 11.9. The topological polar surface area (TPSA) is 129 Å². The predicted molar refractivity (Wildman–Crippen MR) is 94.1 cm³/mol. The van der Waals surface area contributed by atoms with Gasteiger partial charge in [0.2, 0.25) is 5.91 Å². The normalized spacial score (nSPS) is 11.9. The van der Waals surface area contributed by atoms with Crippen molar-refractivity contribution in [3.63, 3.8) is 0 Å². The Hall–Kier alpha value is -3.14. The van der Waals surface area contributed by atoms with Crippen molar-refractivity contribution in [2.24, 2.45) is 5.73 Å². The quantitative estimate of drug-likeness (QED) is 0.629. The molecule has 0 bridgehead atoms. The molecule has 0 radical (unpaired) electrons. The number of hydrogen-bond acceptors (Lipinski definition) is 7. The molecule has 134 valence electrons. The first-order valence-corrected chi connectivity index (χ1v) is 8.55. The summed E-state index contributed by atoms with van der Waals surface area (Å²) in [7, 11) is 0. The van der Waals surface area contributed by atoms with Gasteiger partial charge in [0.05, 0.1) is 18.1 Å². The van der Waals surface area contributed by atoms with Crippen molar-refractivity contribution in [2.45, 2.75) is 23.9 Å². The van der Waals surface area contributed by atoms with Crippen molar-refractivity contribution in [2.75, 3.05) is 0 Å². The summed E-state index contributed by atoms with van der Waals surface area (Å²) in [4.78, 5) is 26.9. The molecule has 1 unspecified atom stereocenters. The summed E-state index contributed by atoms with van der Waals surface area (Å²) in [6.07, 6.45) is 4.93. The zero-order valence-electron chi connectivity index (χ0n) is 13.8. The van der Waals surface area contributed by atoms with E-state index in [1.807, 2.05) is 16.7 Å². The molecule has 0 saturated heterocycles. The summed E-state index contributed by atoms with van der Waals surface area (Å²) in [5, 5.41) is 10.4. The van der Waals surface area contributed by atoms with E-state index < -0.39 is 17.2 Å². The molecule has 0 aromatic carbocycles. The van der Waals surface area contributed by atoms with E-state index in [0.29, 0.717) is 23.3 Å². The molecule has 3 N–H and O–H groups in total. The van der Waals surface area contributed by atoms with Gasteiger partial charge in [-0.25, -0.2) is 4.79 Å². The molecule has 26 heavy (non-hydrogen) atoms. The maximum atomic E-state index is 11.9. The van der Waals surface area contributed by atoms with E-state index >= 15 is 0 Å². The molecular weight excluding hydrogens is 356 g/mol. The van der Waals surface area contributed by atoms with E-state index in [1.54, 1.807) is 37.7 Å². The van der Waals surface area contributed by atoms with Crippen molar-refractivity contribution >= 4 is 23.7 Å². The lowest BCUT2D eigenvalue weighted by atomic mass is 10.2. The van der Waals surface area contributed by atoms with Crippen LogP contribution in [-0.2, 0) is 11.3 Å². The van der Waals surface area contributed by atoms with E-state index in [9.17, 15) is 9.59 Å². The van der Waals surface area contributed by atoms with Crippen molar-refractivity contribution in [1.29, 1.82) is 0 Å². The smallest absolute Gasteiger partial charge is 0.318 e. The average Bonchev–Trinajstić information content (AvgIpc) is 3.26.